The van der Waals surface area contributed by atoms with Crippen LogP contribution < -0.4 is 15.2 Å². The molecule has 0 radical (unpaired) electrons. The maximum absolute atomic E-state index is 5.42. The third-order valence-corrected chi connectivity index (χ3v) is 5.78. The van der Waals surface area contributed by atoms with Crippen LogP contribution in [-0.4, -0.2) is 79.9 Å². The Labute approximate surface area is 198 Å². The number of morpholine rings is 2. The highest BCUT2D eigenvalue weighted by Crippen LogP contribution is 2.17. The predicted molar refractivity (Wildman–Crippen MR) is 133 cm³/mol. The Morgan fingerprint density at radius 2 is 1.26 bits per heavy atom. The summed E-state index contributed by atoms with van der Waals surface area (Å²) in [4.78, 5) is 4.64. The topological polar surface area (TPSA) is 92.4 Å². The number of hydrazone groups is 1. The summed E-state index contributed by atoms with van der Waals surface area (Å²) < 4.78 is 12.4. The van der Waals surface area contributed by atoms with E-state index in [1.54, 1.807) is 17.1 Å². The molecule has 2 saturated heterocycles. The molecule has 10 nitrogen and oxygen atoms in total. The summed E-state index contributed by atoms with van der Waals surface area (Å²) in [6, 6.07) is 16.6. The van der Waals surface area contributed by atoms with Gasteiger partial charge < -0.3 is 19.3 Å². The molecule has 1 N–H and O–H groups in total. The van der Waals surface area contributed by atoms with Crippen molar-refractivity contribution in [2.45, 2.75) is 0 Å². The second-order valence-corrected chi connectivity index (χ2v) is 8.00. The normalized spacial score (nSPS) is 17.1. The lowest BCUT2D eigenvalue weighted by Crippen LogP contribution is -2.36. The number of nitrogens with one attached hydrogen (secondary N) is 1. The molecule has 1 aromatic heterocycles. The zero-order chi connectivity index (χ0) is 23.0. The van der Waals surface area contributed by atoms with E-state index < -0.39 is 0 Å². The van der Waals surface area contributed by atoms with Gasteiger partial charge in [0.2, 0.25) is 0 Å². The number of hydrogen-bond donors (Lipinski definition) is 1. The minimum atomic E-state index is 0.433. The highest BCUT2D eigenvalue weighted by Gasteiger charge is 2.11. The second-order valence-electron chi connectivity index (χ2n) is 8.00. The molecule has 3 heterocycles. The fourth-order valence-electron chi connectivity index (χ4n) is 3.87. The van der Waals surface area contributed by atoms with E-state index in [0.29, 0.717) is 5.95 Å². The average Bonchev–Trinajstić information content (AvgIpc) is 3.36. The highest BCUT2D eigenvalue weighted by atomic mass is 16.5. The monoisotopic (exact) mass is 460 g/mol. The third kappa shape index (κ3) is 5.59. The summed E-state index contributed by atoms with van der Waals surface area (Å²) in [6.45, 7) is 6.77. The first kappa shape index (κ1) is 22.1. The summed E-state index contributed by atoms with van der Waals surface area (Å²) in [7, 11) is 0. The quantitative estimate of drug-likeness (QED) is 0.427. The zero-order valence-corrected chi connectivity index (χ0v) is 19.0. The van der Waals surface area contributed by atoms with E-state index in [1.165, 1.54) is 17.7 Å². The number of hydrogen-bond acceptors (Lipinski definition) is 9. The van der Waals surface area contributed by atoms with E-state index >= 15 is 0 Å². The summed E-state index contributed by atoms with van der Waals surface area (Å²) in [5.41, 5.74) is 7.27. The van der Waals surface area contributed by atoms with E-state index in [2.05, 4.69) is 59.9 Å². The lowest BCUT2D eigenvalue weighted by atomic mass is 10.2. The number of benzene rings is 2. The molecule has 3 aromatic rings. The van der Waals surface area contributed by atoms with Crippen LogP contribution in [0, 0.1) is 0 Å². The Kier molecular flexibility index (Phi) is 7.07. The van der Waals surface area contributed by atoms with Gasteiger partial charge in [0.1, 0.15) is 6.33 Å². The number of aromatic nitrogens is 3. The van der Waals surface area contributed by atoms with Gasteiger partial charge in [0, 0.05) is 37.6 Å². The molecule has 5 rings (SSSR count). The van der Waals surface area contributed by atoms with Gasteiger partial charge in [-0.2, -0.15) is 14.9 Å². The fraction of sp³-hybridized carbons (Fsp3) is 0.333. The first-order valence-electron chi connectivity index (χ1n) is 11.4. The van der Waals surface area contributed by atoms with Crippen molar-refractivity contribution in [2.75, 3.05) is 67.8 Å². The van der Waals surface area contributed by atoms with E-state index in [0.717, 1.165) is 63.7 Å². The maximum Gasteiger partial charge on any atom is 0.265 e. The van der Waals surface area contributed by atoms with Crippen LogP contribution in [0.3, 0.4) is 0 Å². The van der Waals surface area contributed by atoms with Crippen LogP contribution in [0.2, 0.25) is 0 Å². The SMILES string of the molecule is C(=N\Nc1nncn1/N=C/c1ccc(N2CCOCC2)cc1)/c1ccc(N2CCOCC2)cc1. The predicted octanol–water partition coefficient (Wildman–Crippen LogP) is 2.28. The molecule has 0 bridgehead atoms. The van der Waals surface area contributed by atoms with Gasteiger partial charge in [-0.1, -0.05) is 24.3 Å². The van der Waals surface area contributed by atoms with Crippen molar-refractivity contribution < 1.29 is 9.47 Å². The Hall–Kier alpha value is -3.76. The molecule has 0 saturated carbocycles. The van der Waals surface area contributed by atoms with Crippen molar-refractivity contribution in [3.05, 3.63) is 66.0 Å². The summed E-state index contributed by atoms with van der Waals surface area (Å²) >= 11 is 0. The van der Waals surface area contributed by atoms with E-state index in [-0.39, 0.29) is 0 Å². The first-order valence-corrected chi connectivity index (χ1v) is 11.4. The molecule has 0 atom stereocenters. The van der Waals surface area contributed by atoms with Gasteiger partial charge in [0.25, 0.3) is 5.95 Å². The molecule has 0 amide bonds. The number of rotatable bonds is 7. The maximum atomic E-state index is 5.42. The van der Waals surface area contributed by atoms with Crippen LogP contribution in [0.4, 0.5) is 17.3 Å². The van der Waals surface area contributed by atoms with Crippen molar-refractivity contribution in [3.63, 3.8) is 0 Å². The zero-order valence-electron chi connectivity index (χ0n) is 19.0. The van der Waals surface area contributed by atoms with Gasteiger partial charge in [-0.3, -0.25) is 0 Å². The second kappa shape index (κ2) is 10.9. The fourth-order valence-corrected chi connectivity index (χ4v) is 3.87. The van der Waals surface area contributed by atoms with Crippen LogP contribution >= 0.6 is 0 Å². The van der Waals surface area contributed by atoms with Crippen molar-refractivity contribution in [2.24, 2.45) is 10.2 Å². The molecule has 10 heteroatoms. The van der Waals surface area contributed by atoms with Crippen LogP contribution in [0.25, 0.3) is 0 Å². The van der Waals surface area contributed by atoms with Crippen LogP contribution in [0.1, 0.15) is 11.1 Å². The Morgan fingerprint density at radius 3 is 1.82 bits per heavy atom. The summed E-state index contributed by atoms with van der Waals surface area (Å²) in [5, 5.41) is 16.7. The Balaban J connectivity index is 1.16. The number of ether oxygens (including phenoxy) is 2. The molecule has 0 spiro atoms. The summed E-state index contributed by atoms with van der Waals surface area (Å²) in [5.74, 6) is 0.433. The first-order chi connectivity index (χ1) is 16.8. The van der Waals surface area contributed by atoms with Crippen LogP contribution in [0.5, 0.6) is 0 Å². The van der Waals surface area contributed by atoms with Crippen molar-refractivity contribution in [3.8, 4) is 0 Å². The number of anilines is 3. The molecule has 2 aliphatic rings. The lowest BCUT2D eigenvalue weighted by Gasteiger charge is -2.28. The Bertz CT molecular complexity index is 1100. The molecular weight excluding hydrogens is 432 g/mol. The van der Waals surface area contributed by atoms with Crippen LogP contribution in [-0.2, 0) is 9.47 Å². The minimum Gasteiger partial charge on any atom is -0.378 e. The van der Waals surface area contributed by atoms with E-state index in [4.69, 9.17) is 9.47 Å². The molecule has 2 aliphatic heterocycles. The van der Waals surface area contributed by atoms with Gasteiger partial charge in [-0.25, -0.2) is 5.43 Å². The van der Waals surface area contributed by atoms with E-state index in [9.17, 15) is 0 Å². The lowest BCUT2D eigenvalue weighted by molar-refractivity contribution is 0.122. The number of nitrogens with zero attached hydrogens (tertiary/aromatic N) is 7. The largest absolute Gasteiger partial charge is 0.378 e. The van der Waals surface area contributed by atoms with Crippen molar-refractivity contribution in [1.82, 2.24) is 14.9 Å². The van der Waals surface area contributed by atoms with Crippen molar-refractivity contribution in [1.29, 1.82) is 0 Å². The molecule has 2 fully saturated rings. The molecule has 0 aliphatic carbocycles. The van der Waals surface area contributed by atoms with Gasteiger partial charge in [-0.15, -0.1) is 10.2 Å². The molecule has 2 aromatic carbocycles. The molecule has 0 unspecified atom stereocenters. The van der Waals surface area contributed by atoms with Gasteiger partial charge >= 0.3 is 0 Å². The standard InChI is InChI=1S/C24H28N8O2/c1-5-22(30-9-13-33-14-10-30)6-2-20(1)17-25-28-24-29-26-19-32(24)27-18-21-3-7-23(8-4-21)31-11-15-34-16-12-31/h1-8,17-19H,9-16H2,(H,28,29)/b25-17+,27-18+. The smallest absolute Gasteiger partial charge is 0.265 e. The molecule has 176 valence electrons. The third-order valence-electron chi connectivity index (χ3n) is 5.78. The van der Waals surface area contributed by atoms with Gasteiger partial charge in [0.15, 0.2) is 0 Å². The van der Waals surface area contributed by atoms with E-state index in [1.807, 2.05) is 24.3 Å². The van der Waals surface area contributed by atoms with Crippen molar-refractivity contribution >= 4 is 29.8 Å². The summed E-state index contributed by atoms with van der Waals surface area (Å²) in [6.07, 6.45) is 5.05. The van der Waals surface area contributed by atoms with Gasteiger partial charge in [-0.05, 0) is 35.4 Å². The highest BCUT2D eigenvalue weighted by molar-refractivity contribution is 5.81. The van der Waals surface area contributed by atoms with Gasteiger partial charge in [0.05, 0.1) is 38.9 Å². The molecular formula is C24H28N8O2. The van der Waals surface area contributed by atoms with Crippen LogP contribution in [0.15, 0.2) is 65.1 Å². The minimum absolute atomic E-state index is 0.433. The molecule has 34 heavy (non-hydrogen) atoms. The average molecular weight is 461 g/mol. The Morgan fingerprint density at radius 1 is 0.735 bits per heavy atom.